The summed E-state index contributed by atoms with van der Waals surface area (Å²) in [5, 5.41) is 11.8. The van der Waals surface area contributed by atoms with E-state index < -0.39 is 5.91 Å². The summed E-state index contributed by atoms with van der Waals surface area (Å²) in [5.41, 5.74) is 1.98. The first-order chi connectivity index (χ1) is 12.1. The van der Waals surface area contributed by atoms with Crippen LogP contribution in [0.4, 0.5) is 0 Å². The summed E-state index contributed by atoms with van der Waals surface area (Å²) in [7, 11) is 0. The van der Waals surface area contributed by atoms with E-state index in [1.54, 1.807) is 36.4 Å². The minimum atomic E-state index is -0.439. The third-order valence-corrected chi connectivity index (χ3v) is 5.17. The molecule has 25 heavy (non-hydrogen) atoms. The average molecular weight is 350 g/mol. The van der Waals surface area contributed by atoms with Gasteiger partial charge in [0.2, 0.25) is 5.88 Å². The number of rotatable bonds is 3. The highest BCUT2D eigenvalue weighted by Crippen LogP contribution is 2.30. The maximum atomic E-state index is 12.5. The molecule has 0 radical (unpaired) electrons. The molecule has 1 aliphatic rings. The third kappa shape index (κ3) is 2.42. The van der Waals surface area contributed by atoms with Crippen molar-refractivity contribution in [2.75, 3.05) is 0 Å². The molecule has 0 atom stereocenters. The molecule has 0 spiro atoms. The molecular formula is C19H14N2O3S. The zero-order valence-corrected chi connectivity index (χ0v) is 14.2. The van der Waals surface area contributed by atoms with Crippen LogP contribution < -0.4 is 15.4 Å². The van der Waals surface area contributed by atoms with Gasteiger partial charge in [0.25, 0.3) is 5.91 Å². The number of aryl methyl sites for hydroxylation is 1. The van der Waals surface area contributed by atoms with Crippen LogP contribution in [0.5, 0.6) is 5.88 Å². The molecule has 0 saturated carbocycles. The number of thiazole rings is 1. The molecule has 124 valence electrons. The van der Waals surface area contributed by atoms with Crippen LogP contribution in [-0.2, 0) is 11.2 Å². The highest BCUT2D eigenvalue weighted by molar-refractivity contribution is 7.11. The Hall–Kier alpha value is -2.99. The van der Waals surface area contributed by atoms with Crippen molar-refractivity contribution in [1.82, 2.24) is 4.57 Å². The molecule has 3 aromatic rings. The van der Waals surface area contributed by atoms with E-state index in [1.807, 2.05) is 19.1 Å². The summed E-state index contributed by atoms with van der Waals surface area (Å²) in [4.78, 5) is 28.7. The molecule has 6 heteroatoms. The van der Waals surface area contributed by atoms with Crippen molar-refractivity contribution in [3.8, 4) is 11.6 Å². The topological polar surface area (TPSA) is 71.7 Å². The molecule has 1 aliphatic heterocycles. The lowest BCUT2D eigenvalue weighted by molar-refractivity contribution is -0.112. The zero-order chi connectivity index (χ0) is 17.6. The predicted octanol–water partition coefficient (Wildman–Crippen LogP) is 1.53. The van der Waals surface area contributed by atoms with E-state index in [9.17, 15) is 14.7 Å². The number of hydrogen-bond acceptors (Lipinski definition) is 4. The molecule has 0 bridgehead atoms. The van der Waals surface area contributed by atoms with Gasteiger partial charge in [-0.05, 0) is 30.2 Å². The highest BCUT2D eigenvalue weighted by Gasteiger charge is 2.26. The molecule has 0 aliphatic carbocycles. The van der Waals surface area contributed by atoms with Gasteiger partial charge >= 0.3 is 4.87 Å². The van der Waals surface area contributed by atoms with E-state index in [2.05, 4.69) is 4.99 Å². The monoisotopic (exact) mass is 350 g/mol. The Morgan fingerprint density at radius 3 is 2.52 bits per heavy atom. The van der Waals surface area contributed by atoms with Gasteiger partial charge in [-0.2, -0.15) is 0 Å². The Morgan fingerprint density at radius 2 is 1.80 bits per heavy atom. The number of carbonyl (C=O) groups is 1. The van der Waals surface area contributed by atoms with Gasteiger partial charge in [-0.1, -0.05) is 48.6 Å². The van der Waals surface area contributed by atoms with Crippen LogP contribution in [0, 0.1) is 0 Å². The standard InChI is InChI=1S/C19H14N2O3S/c1-2-11-7-9-12(10-8-11)21-18(23)16(25-19(21)24)15-13-5-3-4-6-14(13)20-17(15)22/h3-10,23H,2H2,1H3. The molecule has 1 amide bonds. The van der Waals surface area contributed by atoms with Crippen molar-refractivity contribution < 1.29 is 9.90 Å². The summed E-state index contributed by atoms with van der Waals surface area (Å²) >= 11 is 0.850. The zero-order valence-electron chi connectivity index (χ0n) is 13.4. The molecule has 2 heterocycles. The van der Waals surface area contributed by atoms with Crippen molar-refractivity contribution in [2.45, 2.75) is 13.3 Å². The van der Waals surface area contributed by atoms with Crippen LogP contribution in [-0.4, -0.2) is 15.6 Å². The molecular weight excluding hydrogens is 336 g/mol. The Morgan fingerprint density at radius 1 is 1.08 bits per heavy atom. The van der Waals surface area contributed by atoms with E-state index in [0.29, 0.717) is 16.3 Å². The fourth-order valence-electron chi connectivity index (χ4n) is 2.92. The number of aromatic hydroxyl groups is 1. The Bertz CT molecular complexity index is 1170. The SMILES string of the molecule is CCc1ccc(-n2c(O)c(C3=c4ccccc4=NC3=O)sc2=O)cc1. The normalized spacial score (nSPS) is 13.0. The van der Waals surface area contributed by atoms with Gasteiger partial charge in [0, 0.05) is 5.22 Å². The van der Waals surface area contributed by atoms with Crippen molar-refractivity contribution in [2.24, 2.45) is 4.99 Å². The van der Waals surface area contributed by atoms with Crippen LogP contribution in [0.3, 0.4) is 0 Å². The first-order valence-electron chi connectivity index (χ1n) is 7.87. The summed E-state index contributed by atoms with van der Waals surface area (Å²) in [5.74, 6) is -0.666. The van der Waals surface area contributed by atoms with Crippen molar-refractivity contribution in [3.05, 3.63) is 79.2 Å². The first-order valence-corrected chi connectivity index (χ1v) is 8.68. The summed E-state index contributed by atoms with van der Waals surface area (Å²) in [6, 6.07) is 14.5. The number of hydrogen-bond donors (Lipinski definition) is 1. The Labute approximate surface area is 146 Å². The average Bonchev–Trinajstić information content (AvgIpc) is 3.10. The van der Waals surface area contributed by atoms with Gasteiger partial charge in [-0.3, -0.25) is 9.59 Å². The van der Waals surface area contributed by atoms with Gasteiger partial charge in [0.05, 0.1) is 16.6 Å². The molecule has 0 saturated heterocycles. The van der Waals surface area contributed by atoms with E-state index in [0.717, 1.165) is 23.3 Å². The van der Waals surface area contributed by atoms with Crippen molar-refractivity contribution >= 4 is 22.8 Å². The van der Waals surface area contributed by atoms with Crippen LogP contribution in [0.1, 0.15) is 17.4 Å². The van der Waals surface area contributed by atoms with Crippen LogP contribution in [0.25, 0.3) is 11.3 Å². The van der Waals surface area contributed by atoms with Gasteiger partial charge in [0.1, 0.15) is 4.88 Å². The van der Waals surface area contributed by atoms with Crippen molar-refractivity contribution in [3.63, 3.8) is 0 Å². The predicted molar refractivity (Wildman–Crippen MR) is 95.7 cm³/mol. The fraction of sp³-hybridized carbons (Fsp3) is 0.105. The summed E-state index contributed by atoms with van der Waals surface area (Å²) in [6.45, 7) is 2.05. The van der Waals surface area contributed by atoms with E-state index in [-0.39, 0.29) is 21.2 Å². The number of para-hydroxylation sites is 1. The van der Waals surface area contributed by atoms with Gasteiger partial charge in [0.15, 0.2) is 0 Å². The van der Waals surface area contributed by atoms with Gasteiger partial charge in [-0.25, -0.2) is 9.56 Å². The smallest absolute Gasteiger partial charge is 0.315 e. The second-order valence-corrected chi connectivity index (χ2v) is 6.65. The van der Waals surface area contributed by atoms with Gasteiger partial charge in [-0.15, -0.1) is 0 Å². The van der Waals surface area contributed by atoms with E-state index in [4.69, 9.17) is 0 Å². The first kappa shape index (κ1) is 15.5. The molecule has 2 aromatic carbocycles. The summed E-state index contributed by atoms with van der Waals surface area (Å²) < 4.78 is 1.22. The third-order valence-electron chi connectivity index (χ3n) is 4.23. The Kier molecular flexibility index (Phi) is 3.62. The molecule has 0 unspecified atom stereocenters. The molecule has 4 rings (SSSR count). The number of nitrogens with zero attached hydrogens (tertiary/aromatic N) is 2. The maximum Gasteiger partial charge on any atom is 0.315 e. The van der Waals surface area contributed by atoms with E-state index >= 15 is 0 Å². The van der Waals surface area contributed by atoms with E-state index in [1.165, 1.54) is 4.57 Å². The lowest BCUT2D eigenvalue weighted by Crippen LogP contribution is -2.22. The second-order valence-electron chi connectivity index (χ2n) is 5.69. The fourth-order valence-corrected chi connectivity index (χ4v) is 3.86. The molecule has 0 fully saturated rings. The van der Waals surface area contributed by atoms with Crippen LogP contribution in [0.15, 0.2) is 58.3 Å². The Balaban J connectivity index is 1.94. The lowest BCUT2D eigenvalue weighted by Gasteiger charge is -2.05. The molecule has 1 N–H and O–H groups in total. The largest absolute Gasteiger partial charge is 0.493 e. The number of fused-ring (bicyclic) bond motifs is 1. The lowest BCUT2D eigenvalue weighted by atomic mass is 10.1. The van der Waals surface area contributed by atoms with Crippen LogP contribution >= 0.6 is 11.3 Å². The molecule has 1 aromatic heterocycles. The highest BCUT2D eigenvalue weighted by atomic mass is 32.1. The summed E-state index contributed by atoms with van der Waals surface area (Å²) in [6.07, 6.45) is 0.890. The minimum absolute atomic E-state index is 0.227. The number of amides is 1. The number of aromatic nitrogens is 1. The maximum absolute atomic E-state index is 12.5. The number of carbonyl (C=O) groups excluding carboxylic acids is 1. The molecule has 5 nitrogen and oxygen atoms in total. The minimum Gasteiger partial charge on any atom is -0.493 e. The second kappa shape index (κ2) is 5.82. The quantitative estimate of drug-likeness (QED) is 0.779. The van der Waals surface area contributed by atoms with Crippen molar-refractivity contribution in [1.29, 1.82) is 0 Å². The van der Waals surface area contributed by atoms with Crippen LogP contribution in [0.2, 0.25) is 0 Å². The van der Waals surface area contributed by atoms with Gasteiger partial charge < -0.3 is 5.11 Å². The number of benzene rings is 2.